The maximum Gasteiger partial charge on any atom is 0.255 e. The van der Waals surface area contributed by atoms with Gasteiger partial charge in [0.1, 0.15) is 0 Å². The predicted octanol–water partition coefficient (Wildman–Crippen LogP) is 0.712. The molecule has 1 fully saturated rings. The smallest absolute Gasteiger partial charge is 0.255 e. The first-order valence-electron chi connectivity index (χ1n) is 3.63. The van der Waals surface area contributed by atoms with Crippen LogP contribution in [0.4, 0.5) is 0 Å². The summed E-state index contributed by atoms with van der Waals surface area (Å²) in [7, 11) is 0. The Hall–Kier alpha value is -1.12. The van der Waals surface area contributed by atoms with Gasteiger partial charge >= 0.3 is 0 Å². The number of nitrogens with zero attached hydrogens (tertiary/aromatic N) is 1. The molecule has 3 nitrogen and oxygen atoms in total. The van der Waals surface area contributed by atoms with E-state index in [9.17, 15) is 9.59 Å². The second kappa shape index (κ2) is 2.86. The molecule has 0 bridgehead atoms. The van der Waals surface area contributed by atoms with Crippen LogP contribution in [-0.4, -0.2) is 23.3 Å². The largest absolute Gasteiger partial charge is 0.279 e. The first-order valence-corrected chi connectivity index (χ1v) is 3.63. The molecular formula is C8H11NO2. The molecule has 60 valence electrons. The van der Waals surface area contributed by atoms with Crippen LogP contribution in [0.3, 0.4) is 0 Å². The van der Waals surface area contributed by atoms with E-state index in [2.05, 4.69) is 6.58 Å². The van der Waals surface area contributed by atoms with Gasteiger partial charge in [-0.15, -0.1) is 0 Å². The van der Waals surface area contributed by atoms with Crippen LogP contribution >= 0.6 is 0 Å². The standard InChI is InChI=1S/C8H11NO2/c1-6(2)8(11)9-5-3-4-7(9)10/h1,3-5H2,2H3. The molecule has 0 saturated carbocycles. The molecule has 1 aliphatic heterocycles. The highest BCUT2D eigenvalue weighted by molar-refractivity contribution is 6.04. The number of rotatable bonds is 1. The molecule has 3 heteroatoms. The highest BCUT2D eigenvalue weighted by Crippen LogP contribution is 2.11. The van der Waals surface area contributed by atoms with Crippen molar-refractivity contribution in [1.82, 2.24) is 4.90 Å². The van der Waals surface area contributed by atoms with Crippen LogP contribution in [0.1, 0.15) is 19.8 Å². The van der Waals surface area contributed by atoms with E-state index in [0.717, 1.165) is 6.42 Å². The van der Waals surface area contributed by atoms with Crippen LogP contribution in [0, 0.1) is 0 Å². The van der Waals surface area contributed by atoms with Crippen LogP contribution in [0.2, 0.25) is 0 Å². The number of hydrogen-bond acceptors (Lipinski definition) is 2. The van der Waals surface area contributed by atoms with Crippen molar-refractivity contribution in [2.45, 2.75) is 19.8 Å². The Bertz CT molecular complexity index is 220. The molecular weight excluding hydrogens is 142 g/mol. The minimum Gasteiger partial charge on any atom is -0.279 e. The van der Waals surface area contributed by atoms with Crippen LogP contribution in [0.25, 0.3) is 0 Å². The zero-order valence-electron chi connectivity index (χ0n) is 6.59. The van der Waals surface area contributed by atoms with Crippen molar-refractivity contribution in [1.29, 1.82) is 0 Å². The summed E-state index contributed by atoms with van der Waals surface area (Å²) in [5.41, 5.74) is 0.431. The fourth-order valence-electron chi connectivity index (χ4n) is 1.09. The molecule has 11 heavy (non-hydrogen) atoms. The first-order chi connectivity index (χ1) is 5.13. The van der Waals surface area contributed by atoms with Gasteiger partial charge in [-0.05, 0) is 13.3 Å². The number of carbonyl (C=O) groups excluding carboxylic acids is 2. The van der Waals surface area contributed by atoms with Gasteiger partial charge in [0.05, 0.1) is 0 Å². The minimum absolute atomic E-state index is 0.0713. The zero-order chi connectivity index (χ0) is 8.43. The van der Waals surface area contributed by atoms with Gasteiger partial charge in [0.25, 0.3) is 5.91 Å². The molecule has 0 aliphatic carbocycles. The maximum absolute atomic E-state index is 11.2. The molecule has 0 atom stereocenters. The Balaban J connectivity index is 2.67. The van der Waals surface area contributed by atoms with E-state index >= 15 is 0 Å². The number of imide groups is 1. The summed E-state index contributed by atoms with van der Waals surface area (Å²) in [4.78, 5) is 23.4. The van der Waals surface area contributed by atoms with Gasteiger partial charge in [0.2, 0.25) is 5.91 Å². The second-order valence-corrected chi connectivity index (χ2v) is 2.73. The van der Waals surface area contributed by atoms with Crippen molar-refractivity contribution >= 4 is 11.8 Å². The third kappa shape index (κ3) is 1.48. The highest BCUT2D eigenvalue weighted by Gasteiger charge is 2.26. The number of likely N-dealkylation sites (tertiary alicyclic amines) is 1. The van der Waals surface area contributed by atoms with Crippen molar-refractivity contribution in [3.05, 3.63) is 12.2 Å². The lowest BCUT2D eigenvalue weighted by Gasteiger charge is -2.12. The van der Waals surface area contributed by atoms with Crippen LogP contribution in [0.15, 0.2) is 12.2 Å². The van der Waals surface area contributed by atoms with Crippen LogP contribution in [0.5, 0.6) is 0 Å². The zero-order valence-corrected chi connectivity index (χ0v) is 6.59. The highest BCUT2D eigenvalue weighted by atomic mass is 16.2. The van der Waals surface area contributed by atoms with E-state index in [0.29, 0.717) is 18.5 Å². The van der Waals surface area contributed by atoms with E-state index in [4.69, 9.17) is 0 Å². The molecule has 0 aromatic carbocycles. The van der Waals surface area contributed by atoms with Gasteiger partial charge < -0.3 is 0 Å². The summed E-state index contributed by atoms with van der Waals surface area (Å²) in [5.74, 6) is -0.300. The topological polar surface area (TPSA) is 37.4 Å². The van der Waals surface area contributed by atoms with Crippen molar-refractivity contribution in [3.8, 4) is 0 Å². The van der Waals surface area contributed by atoms with Crippen molar-refractivity contribution in [2.75, 3.05) is 6.54 Å². The normalized spacial score (nSPS) is 17.2. The van der Waals surface area contributed by atoms with Crippen LogP contribution < -0.4 is 0 Å². The number of hydrogen-bond donors (Lipinski definition) is 0. The molecule has 0 aromatic rings. The minimum atomic E-state index is -0.229. The number of carbonyl (C=O) groups is 2. The summed E-state index contributed by atoms with van der Waals surface area (Å²) >= 11 is 0. The van der Waals surface area contributed by atoms with E-state index in [-0.39, 0.29) is 11.8 Å². The maximum atomic E-state index is 11.2. The van der Waals surface area contributed by atoms with Gasteiger partial charge in [0.15, 0.2) is 0 Å². The molecule has 1 saturated heterocycles. The van der Waals surface area contributed by atoms with Crippen molar-refractivity contribution in [2.24, 2.45) is 0 Å². The first kappa shape index (κ1) is 7.98. The predicted molar refractivity (Wildman–Crippen MR) is 40.8 cm³/mol. The molecule has 0 spiro atoms. The lowest BCUT2D eigenvalue weighted by molar-refractivity contribution is -0.139. The van der Waals surface area contributed by atoms with Gasteiger partial charge in [-0.25, -0.2) is 0 Å². The molecule has 1 rings (SSSR count). The summed E-state index contributed by atoms with van der Waals surface area (Å²) in [6, 6.07) is 0. The summed E-state index contributed by atoms with van der Waals surface area (Å²) in [5, 5.41) is 0. The molecule has 0 radical (unpaired) electrons. The van der Waals surface area contributed by atoms with Crippen molar-refractivity contribution < 1.29 is 9.59 Å². The Morgan fingerprint density at radius 1 is 1.64 bits per heavy atom. The Kier molecular flexibility index (Phi) is 2.08. The molecule has 0 aromatic heterocycles. The molecule has 1 aliphatic rings. The lowest BCUT2D eigenvalue weighted by atomic mass is 10.3. The summed E-state index contributed by atoms with van der Waals surface area (Å²) < 4.78 is 0. The average molecular weight is 153 g/mol. The van der Waals surface area contributed by atoms with Gasteiger partial charge in [-0.1, -0.05) is 6.58 Å². The second-order valence-electron chi connectivity index (χ2n) is 2.73. The Morgan fingerprint density at radius 2 is 2.27 bits per heavy atom. The summed E-state index contributed by atoms with van der Waals surface area (Å²) in [6.07, 6.45) is 1.29. The molecule has 0 N–H and O–H groups in total. The third-order valence-electron chi connectivity index (χ3n) is 1.68. The summed E-state index contributed by atoms with van der Waals surface area (Å²) in [6.45, 7) is 5.67. The fraction of sp³-hybridized carbons (Fsp3) is 0.500. The van der Waals surface area contributed by atoms with E-state index in [1.807, 2.05) is 0 Å². The lowest BCUT2D eigenvalue weighted by Crippen LogP contribution is -2.32. The molecule has 0 unspecified atom stereocenters. The van der Waals surface area contributed by atoms with E-state index in [1.54, 1.807) is 6.92 Å². The Labute approximate surface area is 65.7 Å². The monoisotopic (exact) mass is 153 g/mol. The van der Waals surface area contributed by atoms with Crippen molar-refractivity contribution in [3.63, 3.8) is 0 Å². The number of amides is 2. The van der Waals surface area contributed by atoms with Crippen LogP contribution in [-0.2, 0) is 9.59 Å². The van der Waals surface area contributed by atoms with E-state index < -0.39 is 0 Å². The van der Waals surface area contributed by atoms with Gasteiger partial charge in [-0.3, -0.25) is 14.5 Å². The average Bonchev–Trinajstić information content (AvgIpc) is 2.33. The van der Waals surface area contributed by atoms with Gasteiger partial charge in [-0.2, -0.15) is 0 Å². The quantitative estimate of drug-likeness (QED) is 0.520. The SMILES string of the molecule is C=C(C)C(=O)N1CCCC1=O. The molecule has 2 amide bonds. The molecule has 1 heterocycles. The fourth-order valence-corrected chi connectivity index (χ4v) is 1.09. The van der Waals surface area contributed by atoms with Gasteiger partial charge in [0, 0.05) is 18.5 Å². The Morgan fingerprint density at radius 3 is 2.64 bits per heavy atom. The third-order valence-corrected chi connectivity index (χ3v) is 1.68. The van der Waals surface area contributed by atoms with E-state index in [1.165, 1.54) is 4.90 Å².